The zero-order chi connectivity index (χ0) is 4.83. The minimum absolute atomic E-state index is 0.889. The molecule has 0 saturated heterocycles. The molecule has 1 N–H and O–H groups in total. The Hall–Kier alpha value is -0.500. The van der Waals surface area contributed by atoms with E-state index in [-0.39, 0.29) is 0 Å². The minimum Gasteiger partial charge on any atom is -0.349 e. The lowest BCUT2D eigenvalue weighted by Crippen LogP contribution is -1.62. The molecular formula is C4H8O2. The molecule has 0 spiro atoms. The van der Waals surface area contributed by atoms with E-state index in [0.717, 1.165) is 6.42 Å². The van der Waals surface area contributed by atoms with E-state index in [2.05, 4.69) is 4.89 Å². The SMILES string of the molecule is CCC=COO. The van der Waals surface area contributed by atoms with Gasteiger partial charge < -0.3 is 4.89 Å². The Morgan fingerprint density at radius 3 is 2.67 bits per heavy atom. The highest BCUT2D eigenvalue weighted by Crippen LogP contribution is 1.76. The lowest BCUT2D eigenvalue weighted by Gasteiger charge is -1.76. The van der Waals surface area contributed by atoms with E-state index in [9.17, 15) is 0 Å². The Bertz CT molecular complexity index is 34.8. The van der Waals surface area contributed by atoms with Gasteiger partial charge in [-0.05, 0) is 12.5 Å². The van der Waals surface area contributed by atoms with Crippen molar-refractivity contribution in [1.29, 1.82) is 0 Å². The molecule has 0 amide bonds. The van der Waals surface area contributed by atoms with Gasteiger partial charge in [-0.15, -0.1) is 0 Å². The first-order chi connectivity index (χ1) is 2.91. The maximum Gasteiger partial charge on any atom is 0.125 e. The van der Waals surface area contributed by atoms with Crippen LogP contribution in [0.3, 0.4) is 0 Å². The highest BCUT2D eigenvalue weighted by Gasteiger charge is 1.60. The van der Waals surface area contributed by atoms with E-state index < -0.39 is 0 Å². The van der Waals surface area contributed by atoms with Gasteiger partial charge in [0.15, 0.2) is 0 Å². The summed E-state index contributed by atoms with van der Waals surface area (Å²) in [7, 11) is 0. The predicted molar refractivity (Wildman–Crippen MR) is 23.1 cm³/mol. The fraction of sp³-hybridized carbons (Fsp3) is 0.500. The molecule has 0 aliphatic heterocycles. The molecule has 0 aliphatic carbocycles. The molecule has 0 bridgehead atoms. The van der Waals surface area contributed by atoms with Crippen LogP contribution in [0, 0.1) is 0 Å². The van der Waals surface area contributed by atoms with Crippen LogP contribution in [-0.4, -0.2) is 5.26 Å². The van der Waals surface area contributed by atoms with Crippen molar-refractivity contribution in [3.63, 3.8) is 0 Å². The molecule has 2 nitrogen and oxygen atoms in total. The van der Waals surface area contributed by atoms with Crippen LogP contribution in [-0.2, 0) is 4.89 Å². The van der Waals surface area contributed by atoms with Crippen LogP contribution in [0.1, 0.15) is 13.3 Å². The van der Waals surface area contributed by atoms with E-state index in [4.69, 9.17) is 5.26 Å². The molecular weight excluding hydrogens is 80.0 g/mol. The Labute approximate surface area is 37.0 Å². The predicted octanol–water partition coefficient (Wildman–Crippen LogP) is 1.40. The molecule has 36 valence electrons. The average Bonchev–Trinajstić information content (AvgIpc) is 1.61. The monoisotopic (exact) mass is 88.1 g/mol. The fourth-order valence-electron chi connectivity index (χ4n) is 0.139. The molecule has 0 atom stereocenters. The third-order valence-electron chi connectivity index (χ3n) is 0.393. The number of hydrogen-bond donors (Lipinski definition) is 1. The summed E-state index contributed by atoms with van der Waals surface area (Å²) in [6, 6.07) is 0. The first-order valence-electron chi connectivity index (χ1n) is 1.87. The summed E-state index contributed by atoms with van der Waals surface area (Å²) in [5, 5.41) is 7.61. The van der Waals surface area contributed by atoms with Gasteiger partial charge >= 0.3 is 0 Å². The first kappa shape index (κ1) is 5.50. The molecule has 0 saturated carbocycles. The van der Waals surface area contributed by atoms with E-state index in [1.807, 2.05) is 6.92 Å². The Morgan fingerprint density at radius 1 is 1.83 bits per heavy atom. The van der Waals surface area contributed by atoms with Crippen LogP contribution in [0.5, 0.6) is 0 Å². The maximum atomic E-state index is 7.61. The molecule has 0 unspecified atom stereocenters. The second-order valence-corrected chi connectivity index (χ2v) is 0.885. The minimum atomic E-state index is 0.889. The highest BCUT2D eigenvalue weighted by atomic mass is 17.1. The molecule has 0 radical (unpaired) electrons. The Morgan fingerprint density at radius 2 is 2.50 bits per heavy atom. The summed E-state index contributed by atoms with van der Waals surface area (Å²) >= 11 is 0. The number of allylic oxidation sites excluding steroid dienone is 1. The van der Waals surface area contributed by atoms with Gasteiger partial charge in [-0.25, -0.2) is 5.26 Å². The topological polar surface area (TPSA) is 29.5 Å². The third kappa shape index (κ3) is 3.50. The van der Waals surface area contributed by atoms with Gasteiger partial charge in [0, 0.05) is 0 Å². The number of hydrogen-bond acceptors (Lipinski definition) is 2. The van der Waals surface area contributed by atoms with Gasteiger partial charge in [0.25, 0.3) is 0 Å². The molecule has 0 rings (SSSR count). The normalized spacial score (nSPS) is 9.67. The van der Waals surface area contributed by atoms with Crippen molar-refractivity contribution in [2.45, 2.75) is 13.3 Å². The lowest BCUT2D eigenvalue weighted by atomic mass is 10.5. The van der Waals surface area contributed by atoms with Crippen molar-refractivity contribution in [2.75, 3.05) is 0 Å². The van der Waals surface area contributed by atoms with Gasteiger partial charge in [0.05, 0.1) is 0 Å². The standard InChI is InChI=1S/C4H8O2/c1-2-3-4-6-5/h3-5H,2H2,1H3. The van der Waals surface area contributed by atoms with E-state index in [0.29, 0.717) is 0 Å². The van der Waals surface area contributed by atoms with Crippen molar-refractivity contribution < 1.29 is 10.1 Å². The first-order valence-corrected chi connectivity index (χ1v) is 1.87. The van der Waals surface area contributed by atoms with Crippen molar-refractivity contribution in [2.24, 2.45) is 0 Å². The van der Waals surface area contributed by atoms with Crippen LogP contribution >= 0.6 is 0 Å². The van der Waals surface area contributed by atoms with E-state index in [1.54, 1.807) is 6.08 Å². The van der Waals surface area contributed by atoms with Gasteiger partial charge in [0.2, 0.25) is 0 Å². The highest BCUT2D eigenvalue weighted by molar-refractivity contribution is 4.68. The average molecular weight is 88.1 g/mol. The van der Waals surface area contributed by atoms with Crippen LogP contribution in [0.25, 0.3) is 0 Å². The van der Waals surface area contributed by atoms with Crippen molar-refractivity contribution in [3.8, 4) is 0 Å². The second-order valence-electron chi connectivity index (χ2n) is 0.885. The van der Waals surface area contributed by atoms with Gasteiger partial charge in [-0.1, -0.05) is 6.92 Å². The van der Waals surface area contributed by atoms with E-state index in [1.165, 1.54) is 6.26 Å². The molecule has 0 fully saturated rings. The smallest absolute Gasteiger partial charge is 0.125 e. The lowest BCUT2D eigenvalue weighted by molar-refractivity contribution is -0.186. The number of rotatable bonds is 2. The molecule has 0 aromatic heterocycles. The van der Waals surface area contributed by atoms with E-state index >= 15 is 0 Å². The molecule has 0 aromatic carbocycles. The summed E-state index contributed by atoms with van der Waals surface area (Å²) in [5.74, 6) is 0. The zero-order valence-electron chi connectivity index (χ0n) is 3.72. The van der Waals surface area contributed by atoms with Gasteiger partial charge in [-0.2, -0.15) is 0 Å². The van der Waals surface area contributed by atoms with Crippen molar-refractivity contribution >= 4 is 0 Å². The quantitative estimate of drug-likeness (QED) is 0.314. The second kappa shape index (κ2) is 4.50. The maximum absolute atomic E-state index is 7.61. The Kier molecular flexibility index (Phi) is 4.12. The summed E-state index contributed by atoms with van der Waals surface area (Å²) in [6.07, 6.45) is 3.83. The fourth-order valence-corrected chi connectivity index (χ4v) is 0.139. The molecule has 0 aromatic rings. The zero-order valence-corrected chi connectivity index (χ0v) is 3.72. The van der Waals surface area contributed by atoms with Crippen molar-refractivity contribution in [3.05, 3.63) is 12.3 Å². The summed E-state index contributed by atoms with van der Waals surface area (Å²) in [4.78, 5) is 3.60. The van der Waals surface area contributed by atoms with Gasteiger partial charge in [0.1, 0.15) is 6.26 Å². The molecule has 6 heavy (non-hydrogen) atoms. The molecule has 2 heteroatoms. The summed E-state index contributed by atoms with van der Waals surface area (Å²) in [6.45, 7) is 1.95. The largest absolute Gasteiger partial charge is 0.349 e. The molecule has 0 aliphatic rings. The van der Waals surface area contributed by atoms with Crippen LogP contribution < -0.4 is 0 Å². The summed E-state index contributed by atoms with van der Waals surface area (Å²) in [5.41, 5.74) is 0. The van der Waals surface area contributed by atoms with Crippen molar-refractivity contribution in [1.82, 2.24) is 0 Å². The Balaban J connectivity index is 2.73. The molecule has 0 heterocycles. The van der Waals surface area contributed by atoms with Crippen LogP contribution in [0.4, 0.5) is 0 Å². The third-order valence-corrected chi connectivity index (χ3v) is 0.393. The van der Waals surface area contributed by atoms with Crippen LogP contribution in [0.2, 0.25) is 0 Å². The summed E-state index contributed by atoms with van der Waals surface area (Å²) < 4.78 is 0. The van der Waals surface area contributed by atoms with Gasteiger partial charge in [-0.3, -0.25) is 0 Å². The van der Waals surface area contributed by atoms with Crippen LogP contribution in [0.15, 0.2) is 12.3 Å².